The molecule has 0 aromatic heterocycles. The highest BCUT2D eigenvalue weighted by Gasteiger charge is 2.30. The minimum atomic E-state index is -3.68. The number of piperidine rings is 1. The van der Waals surface area contributed by atoms with Crippen LogP contribution in [-0.4, -0.2) is 58.2 Å². The first-order valence-corrected chi connectivity index (χ1v) is 11.8. The second-order valence-electron chi connectivity index (χ2n) is 7.36. The first-order valence-electron chi connectivity index (χ1n) is 9.94. The van der Waals surface area contributed by atoms with Crippen LogP contribution >= 0.6 is 0 Å². The van der Waals surface area contributed by atoms with Crippen LogP contribution in [0, 0.1) is 5.92 Å². The lowest BCUT2D eigenvalue weighted by atomic mass is 9.97. The number of amides is 1. The van der Waals surface area contributed by atoms with E-state index in [2.05, 4.69) is 0 Å². The molecule has 1 amide bonds. The highest BCUT2D eigenvalue weighted by Crippen LogP contribution is 2.26. The van der Waals surface area contributed by atoms with Crippen molar-refractivity contribution in [1.29, 1.82) is 0 Å². The third-order valence-corrected chi connectivity index (χ3v) is 6.31. The lowest BCUT2D eigenvalue weighted by Crippen LogP contribution is -2.46. The summed E-state index contributed by atoms with van der Waals surface area (Å²) in [6.07, 6.45) is 2.07. The summed E-state index contributed by atoms with van der Waals surface area (Å²) in [5.74, 6) is 0.415. The van der Waals surface area contributed by atoms with Crippen LogP contribution in [0.15, 0.2) is 54.6 Å². The molecule has 3 rings (SSSR count). The van der Waals surface area contributed by atoms with E-state index in [-0.39, 0.29) is 24.3 Å². The van der Waals surface area contributed by atoms with Crippen molar-refractivity contribution in [3.05, 3.63) is 54.6 Å². The molecular weight excluding hydrogens is 420 g/mol. The zero-order valence-electron chi connectivity index (χ0n) is 17.6. The number of likely N-dealkylation sites (tertiary alicyclic amines) is 1. The summed E-state index contributed by atoms with van der Waals surface area (Å²) in [6, 6.07) is 15.8. The molecule has 2 aromatic rings. The lowest BCUT2D eigenvalue weighted by molar-refractivity contribution is -0.148. The molecule has 31 heavy (non-hydrogen) atoms. The van der Waals surface area contributed by atoms with Crippen LogP contribution in [0.2, 0.25) is 0 Å². The Bertz CT molecular complexity index is 1000. The zero-order valence-corrected chi connectivity index (χ0v) is 18.4. The minimum absolute atomic E-state index is 0.225. The molecule has 1 saturated heterocycles. The number of nitrogens with zero attached hydrogens (tertiary/aromatic N) is 2. The molecule has 8 nitrogen and oxygen atoms in total. The molecule has 166 valence electrons. The number of ether oxygens (including phenoxy) is 2. The molecule has 1 fully saturated rings. The third-order valence-electron chi connectivity index (χ3n) is 5.16. The van der Waals surface area contributed by atoms with Crippen molar-refractivity contribution in [3.63, 3.8) is 0 Å². The van der Waals surface area contributed by atoms with Gasteiger partial charge in [-0.15, -0.1) is 0 Å². The summed E-state index contributed by atoms with van der Waals surface area (Å²) in [5.41, 5.74) is 0.376. The van der Waals surface area contributed by atoms with Crippen molar-refractivity contribution in [2.24, 2.45) is 5.92 Å². The Morgan fingerprint density at radius 1 is 1.00 bits per heavy atom. The van der Waals surface area contributed by atoms with Gasteiger partial charge >= 0.3 is 5.97 Å². The van der Waals surface area contributed by atoms with E-state index in [0.29, 0.717) is 43.1 Å². The van der Waals surface area contributed by atoms with Gasteiger partial charge in [0.1, 0.15) is 18.0 Å². The number of anilines is 1. The summed E-state index contributed by atoms with van der Waals surface area (Å²) >= 11 is 0. The Morgan fingerprint density at radius 2 is 1.58 bits per heavy atom. The van der Waals surface area contributed by atoms with Crippen LogP contribution in [0.1, 0.15) is 12.8 Å². The molecule has 0 radical (unpaired) electrons. The molecule has 0 bridgehead atoms. The fourth-order valence-corrected chi connectivity index (χ4v) is 4.31. The predicted octanol–water partition coefficient (Wildman–Crippen LogP) is 2.66. The summed E-state index contributed by atoms with van der Waals surface area (Å²) in [4.78, 5) is 26.0. The van der Waals surface area contributed by atoms with E-state index in [4.69, 9.17) is 9.47 Å². The third kappa shape index (κ3) is 5.97. The number of benzene rings is 2. The first-order chi connectivity index (χ1) is 14.8. The second-order valence-corrected chi connectivity index (χ2v) is 9.26. The number of carbonyl (C=O) groups excluding carboxylic acids is 2. The van der Waals surface area contributed by atoms with Crippen LogP contribution in [-0.2, 0) is 24.3 Å². The highest BCUT2D eigenvalue weighted by atomic mass is 32.2. The Labute approximate surface area is 182 Å². The number of hydrogen-bond acceptors (Lipinski definition) is 6. The van der Waals surface area contributed by atoms with Gasteiger partial charge in [-0.25, -0.2) is 8.42 Å². The molecule has 1 heterocycles. The fraction of sp³-hybridized carbons (Fsp3) is 0.364. The number of methoxy groups -OCH3 is 1. The summed E-state index contributed by atoms with van der Waals surface area (Å²) in [7, 11) is -2.33. The Morgan fingerprint density at radius 3 is 2.13 bits per heavy atom. The normalized spacial score (nSPS) is 14.7. The predicted molar refractivity (Wildman–Crippen MR) is 116 cm³/mol. The first kappa shape index (κ1) is 22.6. The topological polar surface area (TPSA) is 93.2 Å². The van der Waals surface area contributed by atoms with E-state index >= 15 is 0 Å². The van der Waals surface area contributed by atoms with E-state index in [1.165, 1.54) is 7.11 Å². The summed E-state index contributed by atoms with van der Waals surface area (Å²) in [5, 5.41) is 0. The van der Waals surface area contributed by atoms with Crippen molar-refractivity contribution in [2.45, 2.75) is 12.8 Å². The van der Waals surface area contributed by atoms with Gasteiger partial charge in [-0.1, -0.05) is 18.2 Å². The zero-order chi connectivity index (χ0) is 22.4. The molecule has 0 saturated carbocycles. The second kappa shape index (κ2) is 9.82. The molecule has 0 unspecified atom stereocenters. The summed E-state index contributed by atoms with van der Waals surface area (Å²) in [6.45, 7) is 0.473. The smallest absolute Gasteiger partial charge is 0.308 e. The van der Waals surface area contributed by atoms with Crippen molar-refractivity contribution < 1.29 is 27.5 Å². The molecule has 0 aliphatic carbocycles. The highest BCUT2D eigenvalue weighted by molar-refractivity contribution is 7.92. The molecule has 0 N–H and O–H groups in total. The molecular formula is C22H26N2O6S. The van der Waals surface area contributed by atoms with Gasteiger partial charge in [0.15, 0.2) is 0 Å². The van der Waals surface area contributed by atoms with Gasteiger partial charge in [0.2, 0.25) is 15.9 Å². The number of para-hydroxylation sites is 1. The van der Waals surface area contributed by atoms with Crippen molar-refractivity contribution in [3.8, 4) is 11.5 Å². The molecule has 0 spiro atoms. The van der Waals surface area contributed by atoms with Crippen molar-refractivity contribution in [1.82, 2.24) is 4.90 Å². The maximum absolute atomic E-state index is 12.8. The van der Waals surface area contributed by atoms with Gasteiger partial charge in [0.05, 0.1) is 25.0 Å². The van der Waals surface area contributed by atoms with Gasteiger partial charge < -0.3 is 14.4 Å². The van der Waals surface area contributed by atoms with Crippen LogP contribution in [0.3, 0.4) is 0 Å². The average molecular weight is 447 g/mol. The van der Waals surface area contributed by atoms with Crippen molar-refractivity contribution >= 4 is 27.6 Å². The molecule has 2 aromatic carbocycles. The maximum atomic E-state index is 12.8. The van der Waals surface area contributed by atoms with E-state index in [1.54, 1.807) is 29.2 Å². The van der Waals surface area contributed by atoms with Crippen LogP contribution in [0.25, 0.3) is 0 Å². The molecule has 9 heteroatoms. The van der Waals surface area contributed by atoms with Gasteiger partial charge in [-0.3, -0.25) is 13.9 Å². The van der Waals surface area contributed by atoms with Crippen LogP contribution < -0.4 is 9.04 Å². The van der Waals surface area contributed by atoms with E-state index in [1.807, 2.05) is 30.3 Å². The van der Waals surface area contributed by atoms with Crippen LogP contribution in [0.5, 0.6) is 11.5 Å². The standard InChI is InChI=1S/C22H26N2O6S/c1-29-22(26)17-12-14-23(15-13-17)21(25)16-24(31(2,27)28)18-8-10-20(11-9-18)30-19-6-4-3-5-7-19/h3-11,17H,12-16H2,1-2H3. The number of rotatable bonds is 7. The summed E-state index contributed by atoms with van der Waals surface area (Å²) < 4.78 is 36.3. The lowest BCUT2D eigenvalue weighted by Gasteiger charge is -2.32. The quantitative estimate of drug-likeness (QED) is 0.607. The Kier molecular flexibility index (Phi) is 7.17. The minimum Gasteiger partial charge on any atom is -0.469 e. The molecule has 0 atom stereocenters. The number of hydrogen-bond donors (Lipinski definition) is 0. The maximum Gasteiger partial charge on any atom is 0.308 e. The van der Waals surface area contributed by atoms with Gasteiger partial charge in [-0.05, 0) is 49.2 Å². The van der Waals surface area contributed by atoms with E-state index < -0.39 is 10.0 Å². The molecule has 1 aliphatic heterocycles. The van der Waals surface area contributed by atoms with Crippen molar-refractivity contribution in [2.75, 3.05) is 37.3 Å². The van der Waals surface area contributed by atoms with Gasteiger partial charge in [0.25, 0.3) is 0 Å². The number of esters is 1. The van der Waals surface area contributed by atoms with E-state index in [9.17, 15) is 18.0 Å². The SMILES string of the molecule is COC(=O)C1CCN(C(=O)CN(c2ccc(Oc3ccccc3)cc2)S(C)(=O)=O)CC1. The van der Waals surface area contributed by atoms with Gasteiger partial charge in [0, 0.05) is 13.1 Å². The molecule has 1 aliphatic rings. The fourth-order valence-electron chi connectivity index (χ4n) is 3.46. The largest absolute Gasteiger partial charge is 0.469 e. The van der Waals surface area contributed by atoms with E-state index in [0.717, 1.165) is 10.6 Å². The number of sulfonamides is 1. The van der Waals surface area contributed by atoms with Crippen LogP contribution in [0.4, 0.5) is 5.69 Å². The monoisotopic (exact) mass is 446 g/mol. The Hall–Kier alpha value is -3.07. The average Bonchev–Trinajstić information content (AvgIpc) is 2.77. The Balaban J connectivity index is 1.67. The van der Waals surface area contributed by atoms with Gasteiger partial charge in [-0.2, -0.15) is 0 Å². The number of carbonyl (C=O) groups is 2.